The second-order valence-electron chi connectivity index (χ2n) is 27.9. The summed E-state index contributed by atoms with van der Waals surface area (Å²) in [5.41, 5.74) is 0. The van der Waals surface area contributed by atoms with E-state index in [9.17, 15) is 24.6 Å². The number of fused-ring (bicyclic) bond motifs is 6. The molecule has 4 saturated heterocycles. The van der Waals surface area contributed by atoms with E-state index in [-0.39, 0.29) is 77.3 Å². The third-order valence-electron chi connectivity index (χ3n) is 18.7. The van der Waals surface area contributed by atoms with Crippen LogP contribution in [0.1, 0.15) is 0 Å². The normalized spacial score (nSPS) is 16.4. The lowest BCUT2D eigenvalue weighted by Gasteiger charge is -2.20. The maximum absolute atomic E-state index is 12.3. The van der Waals surface area contributed by atoms with Gasteiger partial charge in [0.1, 0.15) is 185 Å². The first kappa shape index (κ1) is 81.3. The number of aliphatic hydroxyl groups is 2. The van der Waals surface area contributed by atoms with Gasteiger partial charge < -0.3 is 95.5 Å². The van der Waals surface area contributed by atoms with Crippen molar-refractivity contribution in [1.82, 2.24) is 0 Å². The van der Waals surface area contributed by atoms with Crippen molar-refractivity contribution >= 4 is 93.4 Å². The summed E-state index contributed by atoms with van der Waals surface area (Å²) in [6, 6.07) is 69.1. The standard InChI is InChI=1S/C48H44O12.C42H40O10.C3H3ClO/c1-3-47(49)59-43(27-53-38-14-10-31-8-12-36(19-34(31)21-38)51-23-41-25-56-41)28-55-40-16-17-45-33(18-40)6-5-7-46(45)58-30-44(60-48(50)4-2)29-54-39-15-11-32-9-13-37(20-35(32)22-39)52-24-42-26-57-42;43-32(19-45-34-8-4-27-6-10-36(17-30(27)15-34)48-23-39-25-50-39)20-47-38-12-13-41-29(14-38)2-1-3-42(41)52-22-33(44)21-46-35-9-5-28-7-11-37(18-31(28)16-35)49-24-40-26-51-40;1-2-3(4)5/h3-22,41-44H,1-2,23-30H2;1-18,32-33,39-40,43-44H,19-26H2;2H,1H2. The maximum Gasteiger partial charge on any atom is 0.330 e. The third-order valence-corrected chi connectivity index (χ3v) is 18.8. The van der Waals surface area contributed by atoms with Crippen molar-refractivity contribution in [2.75, 3.05) is 106 Å². The van der Waals surface area contributed by atoms with Crippen molar-refractivity contribution in [1.29, 1.82) is 0 Å². The quantitative estimate of drug-likeness (QED) is 0.0156. The van der Waals surface area contributed by atoms with Gasteiger partial charge in [0.15, 0.2) is 12.2 Å². The molecule has 8 atom stereocenters. The Bertz CT molecular complexity index is 5470. The highest BCUT2D eigenvalue weighted by molar-refractivity contribution is 6.66. The smallest absolute Gasteiger partial charge is 0.330 e. The van der Waals surface area contributed by atoms with Crippen LogP contribution < -0.4 is 56.8 Å². The molecule has 23 nitrogen and oxygen atoms in total. The molecule has 4 aliphatic rings. The van der Waals surface area contributed by atoms with E-state index in [1.54, 1.807) is 6.07 Å². The molecule has 0 bridgehead atoms. The molecule has 0 amide bonds. The van der Waals surface area contributed by atoms with Gasteiger partial charge in [-0.2, -0.15) is 0 Å². The molecule has 0 spiro atoms. The molecule has 2 N–H and O–H groups in total. The molecule has 0 radical (unpaired) electrons. The number of esters is 2. The summed E-state index contributed by atoms with van der Waals surface area (Å²) in [6.07, 6.45) is 0.780. The van der Waals surface area contributed by atoms with E-state index in [0.29, 0.717) is 72.4 Å². The number of benzene rings is 12. The molecule has 0 aromatic heterocycles. The molecule has 12 aromatic rings. The summed E-state index contributed by atoms with van der Waals surface area (Å²) in [5.74, 6) is 6.75. The summed E-state index contributed by atoms with van der Waals surface area (Å²) >= 11 is 4.71. The highest BCUT2D eigenvalue weighted by Gasteiger charge is 2.27. The largest absolute Gasteiger partial charge is 0.491 e. The second-order valence-corrected chi connectivity index (χ2v) is 28.2. The van der Waals surface area contributed by atoms with Crippen molar-refractivity contribution in [3.63, 3.8) is 0 Å². The summed E-state index contributed by atoms with van der Waals surface area (Å²) in [6.45, 7) is 15.6. The number of allylic oxidation sites excluding steroid dienone is 1. The lowest BCUT2D eigenvalue weighted by Crippen LogP contribution is -2.30. The van der Waals surface area contributed by atoms with Gasteiger partial charge in [0.05, 0.1) is 26.4 Å². The van der Waals surface area contributed by atoms with E-state index in [0.717, 1.165) is 132 Å². The fraction of sp³-hybridized carbons (Fsp3) is 0.258. The fourth-order valence-electron chi connectivity index (χ4n) is 12.1. The monoisotopic (exact) mass is 1610 g/mol. The minimum absolute atomic E-state index is 0.0180. The van der Waals surface area contributed by atoms with Crippen LogP contribution in [0.15, 0.2) is 256 Å². The van der Waals surface area contributed by atoms with Crippen LogP contribution >= 0.6 is 11.6 Å². The van der Waals surface area contributed by atoms with Gasteiger partial charge in [0.2, 0.25) is 5.24 Å². The minimum Gasteiger partial charge on any atom is -0.491 e. The minimum atomic E-state index is -0.848. The number of aliphatic hydroxyl groups excluding tert-OH is 2. The van der Waals surface area contributed by atoms with Gasteiger partial charge in [-0.05, 0) is 217 Å². The van der Waals surface area contributed by atoms with E-state index in [4.69, 9.17) is 96.9 Å². The lowest BCUT2D eigenvalue weighted by molar-refractivity contribution is -0.147. The van der Waals surface area contributed by atoms with Crippen molar-refractivity contribution in [3.8, 4) is 69.0 Å². The molecule has 8 unspecified atom stereocenters. The molecule has 12 aromatic carbocycles. The van der Waals surface area contributed by atoms with Crippen molar-refractivity contribution in [2.24, 2.45) is 0 Å². The lowest BCUT2D eigenvalue weighted by atomic mass is 10.1. The number of rotatable bonds is 41. The molecule has 0 aliphatic carbocycles. The summed E-state index contributed by atoms with van der Waals surface area (Å²) < 4.78 is 104. The van der Waals surface area contributed by atoms with Crippen LogP contribution in [0.2, 0.25) is 0 Å². The Morgan fingerprint density at radius 3 is 0.812 bits per heavy atom. The fourth-order valence-corrected chi connectivity index (χ4v) is 12.1. The molecule has 604 valence electrons. The van der Waals surface area contributed by atoms with Gasteiger partial charge in [-0.3, -0.25) is 4.79 Å². The zero-order valence-corrected chi connectivity index (χ0v) is 64.7. The van der Waals surface area contributed by atoms with Gasteiger partial charge in [0, 0.05) is 22.9 Å². The number of epoxide rings is 4. The highest BCUT2D eigenvalue weighted by Crippen LogP contribution is 2.35. The molecule has 4 fully saturated rings. The van der Waals surface area contributed by atoms with Crippen LogP contribution in [0.25, 0.3) is 64.6 Å². The van der Waals surface area contributed by atoms with Gasteiger partial charge in [-0.15, -0.1) is 0 Å². The van der Waals surface area contributed by atoms with Gasteiger partial charge in [-0.1, -0.05) is 92.5 Å². The Kier molecular flexibility index (Phi) is 27.7. The van der Waals surface area contributed by atoms with E-state index < -0.39 is 41.6 Å². The Morgan fingerprint density at radius 1 is 0.316 bits per heavy atom. The Morgan fingerprint density at radius 2 is 0.547 bits per heavy atom. The first-order valence-corrected chi connectivity index (χ1v) is 38.6. The predicted molar refractivity (Wildman–Crippen MR) is 442 cm³/mol. The Labute approximate surface area is 679 Å². The topological polar surface area (TPSA) is 271 Å². The number of ether oxygens (including phenoxy) is 18. The van der Waals surface area contributed by atoms with Crippen molar-refractivity contribution < 1.29 is 110 Å². The van der Waals surface area contributed by atoms with Gasteiger partial charge >= 0.3 is 11.9 Å². The third kappa shape index (κ3) is 24.9. The molecule has 24 heteroatoms. The van der Waals surface area contributed by atoms with Crippen molar-refractivity contribution in [3.05, 3.63) is 256 Å². The number of carbonyl (C=O) groups excluding carboxylic acids is 3. The molecule has 4 heterocycles. The Balaban J connectivity index is 0.000000184. The number of hydrogen-bond acceptors (Lipinski definition) is 23. The summed E-state index contributed by atoms with van der Waals surface area (Å²) in [5, 5.41) is 32.2. The molecule has 0 saturated carbocycles. The molecule has 16 rings (SSSR count). The first-order chi connectivity index (χ1) is 57.1. The summed E-state index contributed by atoms with van der Waals surface area (Å²) in [4.78, 5) is 34.0. The Hall–Kier alpha value is -12.3. The zero-order valence-electron chi connectivity index (χ0n) is 63.9. The zero-order chi connectivity index (χ0) is 80.8. The van der Waals surface area contributed by atoms with E-state index >= 15 is 0 Å². The molecule has 117 heavy (non-hydrogen) atoms. The van der Waals surface area contributed by atoms with E-state index in [1.165, 1.54) is 0 Å². The number of carbonyl (C=O) groups is 3. The SMILES string of the molecule is C=CC(=O)Cl.C=CC(=O)OC(COc1ccc2ccc(OCC3CO3)cc2c1)COc1ccc2c(OCC(COc3ccc4ccc(OCC5CO5)cc4c3)OC(=O)C=C)cccc2c1.OC(COc1ccc2ccc(OCC3CO3)cc2c1)COc1ccc2c(OCC(O)COc3ccc4ccc(OCC5CO5)cc4c3)cccc2c1. The summed E-state index contributed by atoms with van der Waals surface area (Å²) in [7, 11) is 0. The highest BCUT2D eigenvalue weighted by atomic mass is 35.5. The second kappa shape index (κ2) is 39.8. The number of halogens is 1. The molecule has 4 aliphatic heterocycles. The van der Waals surface area contributed by atoms with E-state index in [2.05, 4.69) is 19.7 Å². The van der Waals surface area contributed by atoms with Gasteiger partial charge in [0.25, 0.3) is 0 Å². The van der Waals surface area contributed by atoms with Crippen LogP contribution in [0, 0.1) is 0 Å². The first-order valence-electron chi connectivity index (χ1n) is 38.2. The van der Waals surface area contributed by atoms with Crippen LogP contribution in [-0.4, -0.2) is 182 Å². The van der Waals surface area contributed by atoms with E-state index in [1.807, 2.05) is 212 Å². The molecular formula is C93H87ClO23. The average Bonchev–Trinajstić information content (AvgIpc) is 1.79. The van der Waals surface area contributed by atoms with Crippen molar-refractivity contribution in [2.45, 2.75) is 48.8 Å². The molecular weight excluding hydrogens is 1520 g/mol. The van der Waals surface area contributed by atoms with Crippen LogP contribution in [0.5, 0.6) is 69.0 Å². The van der Waals surface area contributed by atoms with Crippen LogP contribution in [0.3, 0.4) is 0 Å². The predicted octanol–water partition coefficient (Wildman–Crippen LogP) is 15.1. The maximum atomic E-state index is 12.3. The van der Waals surface area contributed by atoms with Gasteiger partial charge in [-0.25, -0.2) is 9.59 Å². The number of hydrogen-bond donors (Lipinski definition) is 2. The average molecular weight is 1610 g/mol. The van der Waals surface area contributed by atoms with Crippen LogP contribution in [0.4, 0.5) is 0 Å². The van der Waals surface area contributed by atoms with Crippen LogP contribution in [-0.2, 0) is 42.8 Å².